The number of fused-ring (bicyclic) bond motifs is 1. The van der Waals surface area contributed by atoms with Gasteiger partial charge in [0.1, 0.15) is 12.7 Å². The maximum atomic E-state index is 8.49. The van der Waals surface area contributed by atoms with Gasteiger partial charge in [-0.25, -0.2) is 23.3 Å². The first kappa shape index (κ1) is 22.7. The molecule has 2 aromatic carbocycles. The molecular formula is C19H24ClN5O4. The second kappa shape index (κ2) is 9.77. The Bertz CT molecular complexity index is 957. The van der Waals surface area contributed by atoms with E-state index in [0.717, 1.165) is 35.5 Å². The Morgan fingerprint density at radius 3 is 2.03 bits per heavy atom. The van der Waals surface area contributed by atoms with E-state index in [1.165, 1.54) is 5.69 Å². The fourth-order valence-corrected chi connectivity index (χ4v) is 2.97. The number of aryl methyl sites for hydroxylation is 1. The second-order valence-electron chi connectivity index (χ2n) is 6.15. The van der Waals surface area contributed by atoms with Crippen LogP contribution in [0.15, 0.2) is 58.8 Å². The van der Waals surface area contributed by atoms with E-state index in [1.54, 1.807) is 0 Å². The fraction of sp³-hybridized carbons (Fsp3) is 0.316. The van der Waals surface area contributed by atoms with Crippen molar-refractivity contribution in [2.45, 2.75) is 13.8 Å². The average molecular weight is 422 g/mol. The van der Waals surface area contributed by atoms with Crippen LogP contribution in [0.1, 0.15) is 13.8 Å². The van der Waals surface area contributed by atoms with Gasteiger partial charge in [0.05, 0.1) is 16.0 Å². The van der Waals surface area contributed by atoms with Crippen LogP contribution in [0.25, 0.3) is 10.9 Å². The van der Waals surface area contributed by atoms with Gasteiger partial charge in [-0.3, -0.25) is 0 Å². The van der Waals surface area contributed by atoms with Gasteiger partial charge in [0, 0.05) is 25.8 Å². The summed E-state index contributed by atoms with van der Waals surface area (Å²) in [7, 11) is -0.919. The molecular weight excluding hydrogens is 398 g/mol. The number of nitrogens with zero attached hydrogens (tertiary/aromatic N) is 5. The number of hydrogen-bond acceptors (Lipinski definition) is 7. The summed E-state index contributed by atoms with van der Waals surface area (Å²) in [5.41, 5.74) is 3.22. The molecule has 0 saturated heterocycles. The van der Waals surface area contributed by atoms with Crippen molar-refractivity contribution in [2.24, 2.45) is 24.3 Å². The lowest BCUT2D eigenvalue weighted by Gasteiger charge is -2.20. The molecule has 0 saturated carbocycles. The number of aromatic nitrogens is 2. The molecule has 0 bridgehead atoms. The SMILES string of the molecule is CCN(CC)c1ccc(N=Nc2c3ccccc3n(C)[n+]2C)cc1.[O-][Cl+3]([O-])([O-])[O-]. The maximum absolute atomic E-state index is 8.49. The van der Waals surface area contributed by atoms with Crippen LogP contribution in [0.3, 0.4) is 0 Å². The highest BCUT2D eigenvalue weighted by atomic mass is 35.7. The van der Waals surface area contributed by atoms with E-state index >= 15 is 0 Å². The summed E-state index contributed by atoms with van der Waals surface area (Å²) in [6, 6.07) is 16.5. The van der Waals surface area contributed by atoms with Crippen LogP contribution in [-0.2, 0) is 14.1 Å². The summed E-state index contributed by atoms with van der Waals surface area (Å²) in [6.45, 7) is 6.33. The first-order valence-corrected chi connectivity index (χ1v) is 10.2. The Labute approximate surface area is 171 Å². The number of anilines is 1. The molecule has 156 valence electrons. The van der Waals surface area contributed by atoms with E-state index in [1.807, 2.05) is 43.0 Å². The van der Waals surface area contributed by atoms with Crippen molar-refractivity contribution in [3.05, 3.63) is 48.5 Å². The standard InChI is InChI=1S/C19H24N5.ClHO4/c1-5-24(6-2)16-13-11-15(12-14-16)20-21-19-17-9-7-8-10-18(17)22(3)23(19)4;2-1(3,4)5/h7-14H,5-6H2,1-4H3;(H,2,3,4,5)/q+1;/p-1. The first-order valence-electron chi connectivity index (χ1n) is 8.98. The highest BCUT2D eigenvalue weighted by Crippen LogP contribution is 2.25. The minimum atomic E-state index is -4.94. The van der Waals surface area contributed by atoms with Gasteiger partial charge in [-0.2, -0.15) is 4.68 Å². The van der Waals surface area contributed by atoms with Crippen LogP contribution in [0.2, 0.25) is 0 Å². The van der Waals surface area contributed by atoms with Gasteiger partial charge < -0.3 is 4.90 Å². The van der Waals surface area contributed by atoms with Gasteiger partial charge in [-0.15, -0.1) is 10.2 Å². The van der Waals surface area contributed by atoms with E-state index in [-0.39, 0.29) is 0 Å². The predicted octanol–water partition coefficient (Wildman–Crippen LogP) is -0.492. The topological polar surface area (TPSA) is 129 Å². The van der Waals surface area contributed by atoms with Crippen LogP contribution < -0.4 is 28.2 Å². The summed E-state index contributed by atoms with van der Waals surface area (Å²) < 4.78 is 38.1. The predicted molar refractivity (Wildman–Crippen MR) is 98.3 cm³/mol. The molecule has 0 amide bonds. The quantitative estimate of drug-likeness (QED) is 0.405. The molecule has 29 heavy (non-hydrogen) atoms. The number of benzene rings is 2. The third kappa shape index (κ3) is 6.21. The Kier molecular flexibility index (Phi) is 7.66. The van der Waals surface area contributed by atoms with Crippen molar-refractivity contribution in [1.82, 2.24) is 4.68 Å². The molecule has 0 unspecified atom stereocenters. The molecule has 0 N–H and O–H groups in total. The van der Waals surface area contributed by atoms with E-state index in [2.05, 4.69) is 57.9 Å². The molecule has 3 aromatic rings. The lowest BCUT2D eigenvalue weighted by molar-refractivity contribution is -2.00. The molecule has 0 fully saturated rings. The Morgan fingerprint density at radius 1 is 0.931 bits per heavy atom. The molecule has 0 spiro atoms. The summed E-state index contributed by atoms with van der Waals surface area (Å²) in [4.78, 5) is 2.31. The van der Waals surface area contributed by atoms with Gasteiger partial charge in [0.25, 0.3) is 0 Å². The average Bonchev–Trinajstić information content (AvgIpc) is 2.92. The van der Waals surface area contributed by atoms with Gasteiger partial charge in [-0.1, -0.05) is 12.1 Å². The number of hydrogen-bond donors (Lipinski definition) is 0. The second-order valence-corrected chi connectivity index (χ2v) is 6.91. The zero-order valence-electron chi connectivity index (χ0n) is 16.8. The third-order valence-electron chi connectivity index (χ3n) is 4.49. The highest BCUT2D eigenvalue weighted by molar-refractivity contribution is 5.86. The fourth-order valence-electron chi connectivity index (χ4n) is 2.97. The van der Waals surface area contributed by atoms with E-state index < -0.39 is 10.2 Å². The zero-order chi connectivity index (χ0) is 21.6. The molecule has 0 radical (unpaired) electrons. The molecule has 9 nitrogen and oxygen atoms in total. The number of rotatable bonds is 5. The van der Waals surface area contributed by atoms with Crippen molar-refractivity contribution < 1.29 is 33.6 Å². The Morgan fingerprint density at radius 2 is 1.48 bits per heavy atom. The largest absolute Gasteiger partial charge is 0.378 e. The van der Waals surface area contributed by atoms with Crippen LogP contribution in [0, 0.1) is 10.2 Å². The van der Waals surface area contributed by atoms with Crippen LogP contribution in [-0.4, -0.2) is 17.8 Å². The summed E-state index contributed by atoms with van der Waals surface area (Å²) in [5.74, 6) is 0.862. The number of halogens is 1. The zero-order valence-corrected chi connectivity index (χ0v) is 17.5. The summed E-state index contributed by atoms with van der Waals surface area (Å²) in [6.07, 6.45) is 0. The van der Waals surface area contributed by atoms with Crippen molar-refractivity contribution in [3.63, 3.8) is 0 Å². The molecule has 1 heterocycles. The molecule has 10 heteroatoms. The monoisotopic (exact) mass is 421 g/mol. The van der Waals surface area contributed by atoms with Gasteiger partial charge in [0.15, 0.2) is 0 Å². The molecule has 0 aliphatic heterocycles. The summed E-state index contributed by atoms with van der Waals surface area (Å²) >= 11 is 0. The molecule has 1 aromatic heterocycles. The third-order valence-corrected chi connectivity index (χ3v) is 4.49. The van der Waals surface area contributed by atoms with Crippen molar-refractivity contribution >= 4 is 28.1 Å². The van der Waals surface area contributed by atoms with E-state index in [4.69, 9.17) is 18.6 Å². The molecule has 0 atom stereocenters. The summed E-state index contributed by atoms with van der Waals surface area (Å²) in [5, 5.41) is 10.0. The maximum Gasteiger partial charge on any atom is 0.378 e. The van der Waals surface area contributed by atoms with Crippen molar-refractivity contribution in [2.75, 3.05) is 18.0 Å². The number of para-hydroxylation sites is 1. The van der Waals surface area contributed by atoms with E-state index in [0.29, 0.717) is 0 Å². The molecule has 0 aliphatic carbocycles. The molecule has 3 rings (SSSR count). The van der Waals surface area contributed by atoms with Crippen LogP contribution in [0.4, 0.5) is 17.2 Å². The minimum Gasteiger partial charge on any atom is -0.372 e. The minimum absolute atomic E-state index is 0.860. The van der Waals surface area contributed by atoms with Crippen molar-refractivity contribution in [3.8, 4) is 0 Å². The lowest BCUT2D eigenvalue weighted by Crippen LogP contribution is -2.68. The highest BCUT2D eigenvalue weighted by Gasteiger charge is 2.19. The Hall–Kier alpha value is -2.56. The van der Waals surface area contributed by atoms with Crippen LogP contribution >= 0.6 is 0 Å². The number of azo groups is 1. The van der Waals surface area contributed by atoms with Crippen molar-refractivity contribution in [1.29, 1.82) is 0 Å². The van der Waals surface area contributed by atoms with Gasteiger partial charge in [0.2, 0.25) is 0 Å². The first-order chi connectivity index (χ1) is 13.7. The smallest absolute Gasteiger partial charge is 0.372 e. The van der Waals surface area contributed by atoms with E-state index in [9.17, 15) is 0 Å². The van der Waals surface area contributed by atoms with Gasteiger partial charge >= 0.3 is 5.82 Å². The lowest BCUT2D eigenvalue weighted by atomic mass is 10.2. The van der Waals surface area contributed by atoms with Gasteiger partial charge in [-0.05, 0) is 55.4 Å². The Balaban J connectivity index is 0.000000537. The normalized spacial score (nSPS) is 11.6. The molecule has 0 aliphatic rings. The van der Waals surface area contributed by atoms with Crippen LogP contribution in [0.5, 0.6) is 0 Å².